The first-order chi connectivity index (χ1) is 13.7. The molecule has 6 heteroatoms. The van der Waals surface area contributed by atoms with Gasteiger partial charge >= 0.3 is 0 Å². The number of hydrogen-bond acceptors (Lipinski definition) is 4. The number of aliphatic imine (C=N–C) groups is 1. The molecule has 1 N–H and O–H groups in total. The fourth-order valence-electron chi connectivity index (χ4n) is 3.63. The molecule has 0 atom stereocenters. The fraction of sp³-hybridized carbons (Fsp3) is 0.409. The van der Waals surface area contributed by atoms with Crippen molar-refractivity contribution >= 4 is 5.96 Å². The van der Waals surface area contributed by atoms with Gasteiger partial charge in [-0.25, -0.2) is 0 Å². The molecule has 4 rings (SSSR count). The van der Waals surface area contributed by atoms with E-state index in [4.69, 9.17) is 14.2 Å². The predicted octanol–water partition coefficient (Wildman–Crippen LogP) is 2.64. The van der Waals surface area contributed by atoms with Crippen molar-refractivity contribution < 1.29 is 14.2 Å². The number of benzene rings is 2. The Morgan fingerprint density at radius 1 is 0.964 bits per heavy atom. The van der Waals surface area contributed by atoms with Crippen LogP contribution in [0.25, 0.3) is 0 Å². The van der Waals surface area contributed by atoms with E-state index in [9.17, 15) is 0 Å². The van der Waals surface area contributed by atoms with Crippen LogP contribution in [0.2, 0.25) is 0 Å². The standard InChI is InChI=1S/C22H27N3O3/c1-23-22(24-9-7-16-3-5-19-18(13-16)8-10-26-19)25(2)15-17-4-6-20-21(14-17)28-12-11-27-20/h3-6,13-14H,7-12,15H2,1-2H3,(H,23,24). The molecule has 148 valence electrons. The van der Waals surface area contributed by atoms with Crippen LogP contribution in [0, 0.1) is 0 Å². The third kappa shape index (κ3) is 4.16. The molecule has 2 aliphatic rings. The van der Waals surface area contributed by atoms with Gasteiger partial charge in [0.15, 0.2) is 17.5 Å². The Morgan fingerprint density at radius 3 is 2.57 bits per heavy atom. The van der Waals surface area contributed by atoms with Gasteiger partial charge in [0, 0.05) is 33.6 Å². The van der Waals surface area contributed by atoms with Crippen molar-refractivity contribution in [2.75, 3.05) is 40.5 Å². The number of nitrogens with zero attached hydrogens (tertiary/aromatic N) is 2. The van der Waals surface area contributed by atoms with Gasteiger partial charge in [0.25, 0.3) is 0 Å². The topological polar surface area (TPSA) is 55.3 Å². The Kier molecular flexibility index (Phi) is 5.55. The van der Waals surface area contributed by atoms with E-state index in [-0.39, 0.29) is 0 Å². The van der Waals surface area contributed by atoms with Crippen molar-refractivity contribution in [3.05, 3.63) is 53.1 Å². The molecule has 0 aliphatic carbocycles. The van der Waals surface area contributed by atoms with E-state index in [1.54, 1.807) is 0 Å². The summed E-state index contributed by atoms with van der Waals surface area (Å²) in [7, 11) is 3.86. The number of ether oxygens (including phenoxy) is 3. The molecule has 2 aromatic rings. The molecule has 0 spiro atoms. The largest absolute Gasteiger partial charge is 0.493 e. The minimum atomic E-state index is 0.602. The second kappa shape index (κ2) is 8.42. The van der Waals surface area contributed by atoms with Crippen molar-refractivity contribution in [3.63, 3.8) is 0 Å². The maximum atomic E-state index is 5.68. The Labute approximate surface area is 166 Å². The number of hydrogen-bond donors (Lipinski definition) is 1. The van der Waals surface area contributed by atoms with Crippen molar-refractivity contribution in [1.82, 2.24) is 10.2 Å². The summed E-state index contributed by atoms with van der Waals surface area (Å²) in [5.74, 6) is 3.55. The van der Waals surface area contributed by atoms with Gasteiger partial charge < -0.3 is 24.4 Å². The lowest BCUT2D eigenvalue weighted by atomic mass is 10.1. The molecule has 2 aromatic carbocycles. The second-order valence-electron chi connectivity index (χ2n) is 7.10. The monoisotopic (exact) mass is 381 g/mol. The molecule has 0 amide bonds. The van der Waals surface area contributed by atoms with Crippen LogP contribution in [-0.2, 0) is 19.4 Å². The lowest BCUT2D eigenvalue weighted by Crippen LogP contribution is -2.39. The second-order valence-corrected chi connectivity index (χ2v) is 7.10. The lowest BCUT2D eigenvalue weighted by molar-refractivity contribution is 0.171. The van der Waals surface area contributed by atoms with Crippen LogP contribution >= 0.6 is 0 Å². The highest BCUT2D eigenvalue weighted by Crippen LogP contribution is 2.31. The molecule has 6 nitrogen and oxygen atoms in total. The van der Waals surface area contributed by atoms with Gasteiger partial charge in [-0.05, 0) is 41.3 Å². The van der Waals surface area contributed by atoms with Gasteiger partial charge in [0.2, 0.25) is 0 Å². The van der Waals surface area contributed by atoms with E-state index in [1.165, 1.54) is 11.1 Å². The molecule has 2 heterocycles. The summed E-state index contributed by atoms with van der Waals surface area (Å²) in [6.07, 6.45) is 1.96. The number of nitrogens with one attached hydrogen (secondary N) is 1. The van der Waals surface area contributed by atoms with Crippen LogP contribution in [-0.4, -0.2) is 51.3 Å². The zero-order valence-corrected chi connectivity index (χ0v) is 16.5. The molecule has 2 aliphatic heterocycles. The van der Waals surface area contributed by atoms with E-state index < -0.39 is 0 Å². The smallest absolute Gasteiger partial charge is 0.193 e. The van der Waals surface area contributed by atoms with Crippen LogP contribution in [0.1, 0.15) is 16.7 Å². The average molecular weight is 381 g/mol. The summed E-state index contributed by atoms with van der Waals surface area (Å²) in [5.41, 5.74) is 3.80. The van der Waals surface area contributed by atoms with Crippen molar-refractivity contribution in [1.29, 1.82) is 0 Å². The fourth-order valence-corrected chi connectivity index (χ4v) is 3.63. The van der Waals surface area contributed by atoms with Gasteiger partial charge in [-0.2, -0.15) is 0 Å². The number of rotatable bonds is 5. The molecule has 0 fully saturated rings. The van der Waals surface area contributed by atoms with Gasteiger partial charge in [-0.1, -0.05) is 18.2 Å². The quantitative estimate of drug-likeness (QED) is 0.637. The van der Waals surface area contributed by atoms with Gasteiger partial charge in [0.1, 0.15) is 19.0 Å². The van der Waals surface area contributed by atoms with Gasteiger partial charge in [-0.15, -0.1) is 0 Å². The summed E-state index contributed by atoms with van der Waals surface area (Å²) < 4.78 is 16.9. The lowest BCUT2D eigenvalue weighted by Gasteiger charge is -2.24. The maximum absolute atomic E-state index is 5.68. The van der Waals surface area contributed by atoms with E-state index >= 15 is 0 Å². The average Bonchev–Trinajstić information content (AvgIpc) is 3.19. The summed E-state index contributed by atoms with van der Waals surface area (Å²) in [6.45, 7) is 3.59. The molecule has 0 aromatic heterocycles. The molecule has 0 unspecified atom stereocenters. The highest BCUT2D eigenvalue weighted by molar-refractivity contribution is 5.79. The highest BCUT2D eigenvalue weighted by atomic mass is 16.6. The van der Waals surface area contributed by atoms with Crippen LogP contribution in [0.4, 0.5) is 0 Å². The molecule has 0 saturated heterocycles. The third-order valence-corrected chi connectivity index (χ3v) is 5.05. The molecule has 28 heavy (non-hydrogen) atoms. The van der Waals surface area contributed by atoms with E-state index in [2.05, 4.69) is 39.5 Å². The number of guanidine groups is 1. The van der Waals surface area contributed by atoms with Gasteiger partial charge in [-0.3, -0.25) is 4.99 Å². The van der Waals surface area contributed by atoms with Crippen LogP contribution in [0.5, 0.6) is 17.2 Å². The SMILES string of the molecule is CN=C(NCCc1ccc2c(c1)CCO2)N(C)Cc1ccc2c(c1)OCCO2. The summed E-state index contributed by atoms with van der Waals surface area (Å²) in [4.78, 5) is 6.53. The van der Waals surface area contributed by atoms with Crippen molar-refractivity contribution in [3.8, 4) is 17.2 Å². The first-order valence-corrected chi connectivity index (χ1v) is 9.78. The minimum Gasteiger partial charge on any atom is -0.493 e. The number of fused-ring (bicyclic) bond motifs is 2. The van der Waals surface area contributed by atoms with Crippen LogP contribution < -0.4 is 19.5 Å². The van der Waals surface area contributed by atoms with Crippen LogP contribution in [0.3, 0.4) is 0 Å². The van der Waals surface area contributed by atoms with Gasteiger partial charge in [0.05, 0.1) is 6.61 Å². The van der Waals surface area contributed by atoms with Crippen LogP contribution in [0.15, 0.2) is 41.4 Å². The van der Waals surface area contributed by atoms with E-state index in [0.717, 1.165) is 61.3 Å². The summed E-state index contributed by atoms with van der Waals surface area (Å²) in [6, 6.07) is 12.6. The first-order valence-electron chi connectivity index (χ1n) is 9.78. The maximum Gasteiger partial charge on any atom is 0.193 e. The first kappa shape index (κ1) is 18.5. The Balaban J connectivity index is 1.31. The molecular weight excluding hydrogens is 354 g/mol. The van der Waals surface area contributed by atoms with Crippen molar-refractivity contribution in [2.45, 2.75) is 19.4 Å². The van der Waals surface area contributed by atoms with E-state index in [0.29, 0.717) is 13.2 Å². The zero-order valence-electron chi connectivity index (χ0n) is 16.5. The Hall–Kier alpha value is -2.89. The van der Waals surface area contributed by atoms with E-state index in [1.807, 2.05) is 26.2 Å². The minimum absolute atomic E-state index is 0.602. The normalized spacial score (nSPS) is 15.0. The van der Waals surface area contributed by atoms with Crippen molar-refractivity contribution in [2.24, 2.45) is 4.99 Å². The highest BCUT2D eigenvalue weighted by Gasteiger charge is 2.14. The molecule has 0 bridgehead atoms. The zero-order chi connectivity index (χ0) is 19.3. The third-order valence-electron chi connectivity index (χ3n) is 5.05. The molecule has 0 radical (unpaired) electrons. The summed E-state index contributed by atoms with van der Waals surface area (Å²) >= 11 is 0. The summed E-state index contributed by atoms with van der Waals surface area (Å²) in [5, 5.41) is 3.46. The predicted molar refractivity (Wildman–Crippen MR) is 110 cm³/mol. The molecule has 0 saturated carbocycles. The Morgan fingerprint density at radius 2 is 1.71 bits per heavy atom. The Bertz CT molecular complexity index is 866. The molecular formula is C22H27N3O3.